The fraction of sp³-hybridized carbons (Fsp3) is 0.120. The standard InChI is InChI=1S/C25H20ClIN2O3/c1-16-6-8-21(9-7-16)29-25(30)19(14-28)10-18-12-22(27)24(23(13-18)31-2)32-15-17-4-3-5-20(26)11-17/h3-13H,15H2,1-2H3,(H,29,30)/b19-10+. The number of carbonyl (C=O) groups excluding carboxylic acids is 1. The Labute approximate surface area is 205 Å². The van der Waals surface area contributed by atoms with Crippen LogP contribution in [0.15, 0.2) is 66.2 Å². The molecule has 0 aliphatic carbocycles. The summed E-state index contributed by atoms with van der Waals surface area (Å²) in [6.07, 6.45) is 1.52. The summed E-state index contributed by atoms with van der Waals surface area (Å²) in [6.45, 7) is 2.29. The van der Waals surface area contributed by atoms with Crippen LogP contribution in [0, 0.1) is 21.8 Å². The summed E-state index contributed by atoms with van der Waals surface area (Å²) in [6, 6.07) is 20.3. The molecule has 0 bridgehead atoms. The van der Waals surface area contributed by atoms with Gasteiger partial charge in [-0.3, -0.25) is 4.79 Å². The lowest BCUT2D eigenvalue weighted by molar-refractivity contribution is -0.112. The third kappa shape index (κ3) is 6.25. The van der Waals surface area contributed by atoms with E-state index in [1.165, 1.54) is 6.08 Å². The number of amides is 1. The number of benzene rings is 3. The highest BCUT2D eigenvalue weighted by molar-refractivity contribution is 14.1. The van der Waals surface area contributed by atoms with Gasteiger partial charge in [0.2, 0.25) is 0 Å². The van der Waals surface area contributed by atoms with Gasteiger partial charge >= 0.3 is 0 Å². The van der Waals surface area contributed by atoms with Crippen LogP contribution in [0.4, 0.5) is 5.69 Å². The van der Waals surface area contributed by atoms with Gasteiger partial charge in [0.25, 0.3) is 5.91 Å². The second kappa shape index (κ2) is 11.0. The second-order valence-corrected chi connectivity index (χ2v) is 8.54. The lowest BCUT2D eigenvalue weighted by Crippen LogP contribution is -2.13. The number of aryl methyl sites for hydroxylation is 1. The lowest BCUT2D eigenvalue weighted by Gasteiger charge is -2.14. The molecule has 1 N–H and O–H groups in total. The molecule has 3 aromatic rings. The molecule has 162 valence electrons. The van der Waals surface area contributed by atoms with Crippen LogP contribution in [0.5, 0.6) is 11.5 Å². The van der Waals surface area contributed by atoms with Crippen molar-refractivity contribution in [1.29, 1.82) is 5.26 Å². The van der Waals surface area contributed by atoms with Gasteiger partial charge < -0.3 is 14.8 Å². The quantitative estimate of drug-likeness (QED) is 0.207. The average molecular weight is 559 g/mol. The molecule has 0 spiro atoms. The molecule has 0 heterocycles. The first-order chi connectivity index (χ1) is 15.4. The minimum Gasteiger partial charge on any atom is -0.493 e. The van der Waals surface area contributed by atoms with Gasteiger partial charge in [0.05, 0.1) is 10.7 Å². The number of rotatable bonds is 7. The zero-order chi connectivity index (χ0) is 23.1. The van der Waals surface area contributed by atoms with E-state index in [1.54, 1.807) is 31.4 Å². The average Bonchev–Trinajstić information content (AvgIpc) is 2.77. The van der Waals surface area contributed by atoms with Crippen LogP contribution in [0.25, 0.3) is 6.08 Å². The number of nitrogens with one attached hydrogen (secondary N) is 1. The molecule has 7 heteroatoms. The van der Waals surface area contributed by atoms with Gasteiger partial charge in [-0.05, 0) is 83.1 Å². The Balaban J connectivity index is 1.81. The van der Waals surface area contributed by atoms with Gasteiger partial charge in [-0.1, -0.05) is 41.4 Å². The fourth-order valence-electron chi connectivity index (χ4n) is 2.90. The summed E-state index contributed by atoms with van der Waals surface area (Å²) in [7, 11) is 1.54. The van der Waals surface area contributed by atoms with Crippen LogP contribution in [-0.4, -0.2) is 13.0 Å². The molecule has 1 amide bonds. The maximum absolute atomic E-state index is 12.6. The zero-order valence-corrected chi connectivity index (χ0v) is 20.4. The minimum atomic E-state index is -0.480. The monoisotopic (exact) mass is 558 g/mol. The van der Waals surface area contributed by atoms with E-state index in [0.717, 1.165) is 14.7 Å². The van der Waals surface area contributed by atoms with E-state index >= 15 is 0 Å². The molecule has 5 nitrogen and oxygen atoms in total. The molecule has 0 atom stereocenters. The van der Waals surface area contributed by atoms with Crippen molar-refractivity contribution in [3.05, 3.63) is 91.5 Å². The highest BCUT2D eigenvalue weighted by Crippen LogP contribution is 2.35. The topological polar surface area (TPSA) is 71.3 Å². The smallest absolute Gasteiger partial charge is 0.266 e. The third-order valence-electron chi connectivity index (χ3n) is 4.51. The molecule has 0 radical (unpaired) electrons. The summed E-state index contributed by atoms with van der Waals surface area (Å²) >= 11 is 8.17. The Hall–Kier alpha value is -3.02. The first-order valence-corrected chi connectivity index (χ1v) is 11.1. The molecule has 3 rings (SSSR count). The Morgan fingerprint density at radius 2 is 1.94 bits per heavy atom. The number of ether oxygens (including phenoxy) is 2. The molecule has 0 aliphatic heterocycles. The number of anilines is 1. The van der Waals surface area contributed by atoms with E-state index in [1.807, 2.05) is 49.4 Å². The van der Waals surface area contributed by atoms with Crippen molar-refractivity contribution in [2.75, 3.05) is 12.4 Å². The van der Waals surface area contributed by atoms with E-state index in [4.69, 9.17) is 21.1 Å². The predicted octanol–water partition coefficient (Wildman–Crippen LogP) is 6.39. The highest BCUT2D eigenvalue weighted by atomic mass is 127. The molecular weight excluding hydrogens is 539 g/mol. The molecular formula is C25H20ClIN2O3. The molecule has 0 saturated heterocycles. The van der Waals surface area contributed by atoms with Gasteiger partial charge in [0, 0.05) is 10.7 Å². The van der Waals surface area contributed by atoms with Crippen molar-refractivity contribution >= 4 is 51.9 Å². The number of hydrogen-bond acceptors (Lipinski definition) is 4. The van der Waals surface area contributed by atoms with Crippen molar-refractivity contribution in [2.24, 2.45) is 0 Å². The summed E-state index contributed by atoms with van der Waals surface area (Å²) in [5, 5.41) is 12.9. The molecule has 0 unspecified atom stereocenters. The summed E-state index contributed by atoms with van der Waals surface area (Å²) in [5.41, 5.74) is 3.27. The number of carbonyl (C=O) groups is 1. The van der Waals surface area contributed by atoms with Crippen molar-refractivity contribution in [1.82, 2.24) is 0 Å². The van der Waals surface area contributed by atoms with Crippen LogP contribution in [0.3, 0.4) is 0 Å². The van der Waals surface area contributed by atoms with Gasteiger partial charge in [-0.25, -0.2) is 0 Å². The van der Waals surface area contributed by atoms with Gasteiger partial charge in [-0.15, -0.1) is 0 Å². The molecule has 0 fully saturated rings. The van der Waals surface area contributed by atoms with E-state index in [9.17, 15) is 10.1 Å². The second-order valence-electron chi connectivity index (χ2n) is 6.94. The van der Waals surface area contributed by atoms with Crippen LogP contribution >= 0.6 is 34.2 Å². The maximum Gasteiger partial charge on any atom is 0.266 e. The fourth-order valence-corrected chi connectivity index (χ4v) is 3.89. The van der Waals surface area contributed by atoms with Gasteiger partial charge in [0.1, 0.15) is 18.2 Å². The largest absolute Gasteiger partial charge is 0.493 e. The van der Waals surface area contributed by atoms with Crippen LogP contribution in [0.1, 0.15) is 16.7 Å². The number of nitrogens with zero attached hydrogens (tertiary/aromatic N) is 1. The van der Waals surface area contributed by atoms with E-state index in [0.29, 0.717) is 34.4 Å². The van der Waals surface area contributed by atoms with Crippen LogP contribution in [0.2, 0.25) is 5.02 Å². The Morgan fingerprint density at radius 1 is 1.19 bits per heavy atom. The molecule has 32 heavy (non-hydrogen) atoms. The van der Waals surface area contributed by atoms with Crippen LogP contribution < -0.4 is 14.8 Å². The number of methoxy groups -OCH3 is 1. The summed E-state index contributed by atoms with van der Waals surface area (Å²) < 4.78 is 12.2. The van der Waals surface area contributed by atoms with Gasteiger partial charge in [0.15, 0.2) is 11.5 Å². The van der Waals surface area contributed by atoms with E-state index in [2.05, 4.69) is 27.9 Å². The van der Waals surface area contributed by atoms with Crippen molar-refractivity contribution in [3.63, 3.8) is 0 Å². The Morgan fingerprint density at radius 3 is 2.59 bits per heavy atom. The summed E-state index contributed by atoms with van der Waals surface area (Å²) in [5.74, 6) is 0.598. The minimum absolute atomic E-state index is 0.0176. The van der Waals surface area contributed by atoms with E-state index in [-0.39, 0.29) is 5.57 Å². The lowest BCUT2D eigenvalue weighted by atomic mass is 10.1. The van der Waals surface area contributed by atoms with Gasteiger partial charge in [-0.2, -0.15) is 5.26 Å². The molecule has 3 aromatic carbocycles. The highest BCUT2D eigenvalue weighted by Gasteiger charge is 2.14. The zero-order valence-electron chi connectivity index (χ0n) is 17.5. The summed E-state index contributed by atoms with van der Waals surface area (Å²) in [4.78, 5) is 12.6. The Bertz CT molecular complexity index is 1200. The predicted molar refractivity (Wildman–Crippen MR) is 135 cm³/mol. The molecule has 0 saturated carbocycles. The maximum atomic E-state index is 12.6. The number of hydrogen-bond donors (Lipinski definition) is 1. The third-order valence-corrected chi connectivity index (χ3v) is 5.55. The first kappa shape index (κ1) is 23.6. The molecule has 0 aromatic heterocycles. The SMILES string of the molecule is COc1cc(/C=C(\C#N)C(=O)Nc2ccc(C)cc2)cc(I)c1OCc1cccc(Cl)c1. The van der Waals surface area contributed by atoms with Crippen LogP contribution in [-0.2, 0) is 11.4 Å². The number of nitriles is 1. The molecule has 0 aliphatic rings. The number of halogens is 2. The van der Waals surface area contributed by atoms with Crippen molar-refractivity contribution in [2.45, 2.75) is 13.5 Å². The Kier molecular flexibility index (Phi) is 8.14. The van der Waals surface area contributed by atoms with Crippen molar-refractivity contribution < 1.29 is 14.3 Å². The van der Waals surface area contributed by atoms with E-state index < -0.39 is 5.91 Å². The van der Waals surface area contributed by atoms with Crippen molar-refractivity contribution in [3.8, 4) is 17.6 Å². The normalized spacial score (nSPS) is 10.9. The first-order valence-electron chi connectivity index (χ1n) is 9.64.